The van der Waals surface area contributed by atoms with Crippen LogP contribution in [0.15, 0.2) is 42.6 Å². The lowest BCUT2D eigenvalue weighted by Crippen LogP contribution is -2.31. The number of fused-ring (bicyclic) bond motifs is 1. The second-order valence-corrected chi connectivity index (χ2v) is 5.10. The number of hydrogen-bond donors (Lipinski definition) is 2. The second kappa shape index (κ2) is 5.85. The molecule has 1 aromatic heterocycles. The van der Waals surface area contributed by atoms with Gasteiger partial charge in [-0.2, -0.15) is 0 Å². The van der Waals surface area contributed by atoms with E-state index >= 15 is 0 Å². The van der Waals surface area contributed by atoms with Crippen molar-refractivity contribution in [1.29, 1.82) is 0 Å². The first-order valence-corrected chi connectivity index (χ1v) is 6.95. The number of amides is 1. The molecule has 0 bridgehead atoms. The molecule has 1 aliphatic heterocycles. The van der Waals surface area contributed by atoms with Crippen LogP contribution in [0.1, 0.15) is 11.1 Å². The van der Waals surface area contributed by atoms with Crippen molar-refractivity contribution >= 4 is 23.4 Å². The number of aliphatic carboxylic acids is 1. The number of nitrogens with zero attached hydrogens (tertiary/aromatic N) is 2. The summed E-state index contributed by atoms with van der Waals surface area (Å²) in [6, 6.07) is 11.5. The van der Waals surface area contributed by atoms with E-state index in [-0.39, 0.29) is 0 Å². The van der Waals surface area contributed by atoms with E-state index in [0.29, 0.717) is 5.69 Å². The minimum absolute atomic E-state index is 0.427. The third kappa shape index (κ3) is 2.90. The lowest BCUT2D eigenvalue weighted by Gasteiger charge is -2.29. The second-order valence-electron chi connectivity index (χ2n) is 5.10. The average molecular weight is 297 g/mol. The molecule has 2 aromatic rings. The summed E-state index contributed by atoms with van der Waals surface area (Å²) in [5.41, 5.74) is 3.03. The predicted octanol–water partition coefficient (Wildman–Crippen LogP) is 1.67. The number of rotatable bonds is 2. The Balaban J connectivity index is 1.79. The standard InChI is InChI=1S/C16H15N3O3/c20-15(16(21)22)18-13-5-7-17-14(9-13)19-8-6-11-3-1-2-4-12(11)10-19/h1-5,7,9H,6,8,10H2,(H,21,22)(H,17,18,20). The highest BCUT2D eigenvalue weighted by Gasteiger charge is 2.18. The van der Waals surface area contributed by atoms with E-state index in [1.807, 2.05) is 12.1 Å². The smallest absolute Gasteiger partial charge is 0.394 e. The van der Waals surface area contributed by atoms with Gasteiger partial charge in [-0.25, -0.2) is 9.78 Å². The van der Waals surface area contributed by atoms with Gasteiger partial charge in [0.05, 0.1) is 0 Å². The summed E-state index contributed by atoms with van der Waals surface area (Å²) in [6.07, 6.45) is 2.50. The number of pyridine rings is 1. The minimum Gasteiger partial charge on any atom is -0.474 e. The molecule has 0 spiro atoms. The molecule has 6 nitrogen and oxygen atoms in total. The number of carboxylic acids is 1. The lowest BCUT2D eigenvalue weighted by molar-refractivity contribution is -0.147. The maximum Gasteiger partial charge on any atom is 0.394 e. The van der Waals surface area contributed by atoms with Gasteiger partial charge in [0.15, 0.2) is 0 Å². The van der Waals surface area contributed by atoms with E-state index in [1.165, 1.54) is 11.1 Å². The fourth-order valence-corrected chi connectivity index (χ4v) is 2.54. The molecule has 2 N–H and O–H groups in total. The molecule has 0 fully saturated rings. The highest BCUT2D eigenvalue weighted by molar-refractivity contribution is 6.36. The number of hydrogen-bond acceptors (Lipinski definition) is 4. The minimum atomic E-state index is -1.51. The first-order chi connectivity index (χ1) is 10.6. The van der Waals surface area contributed by atoms with E-state index in [9.17, 15) is 9.59 Å². The van der Waals surface area contributed by atoms with Gasteiger partial charge in [0.2, 0.25) is 0 Å². The number of benzene rings is 1. The van der Waals surface area contributed by atoms with E-state index in [1.54, 1.807) is 18.3 Å². The van der Waals surface area contributed by atoms with Gasteiger partial charge in [-0.15, -0.1) is 0 Å². The van der Waals surface area contributed by atoms with E-state index in [4.69, 9.17) is 5.11 Å². The van der Waals surface area contributed by atoms with Crippen LogP contribution in [0, 0.1) is 0 Å². The Morgan fingerprint density at radius 1 is 1.18 bits per heavy atom. The first-order valence-electron chi connectivity index (χ1n) is 6.95. The van der Waals surface area contributed by atoms with Crippen molar-refractivity contribution in [1.82, 2.24) is 4.98 Å². The Labute approximate surface area is 127 Å². The van der Waals surface area contributed by atoms with Crippen LogP contribution in [0.25, 0.3) is 0 Å². The normalized spacial score (nSPS) is 13.4. The molecular formula is C16H15N3O3. The summed E-state index contributed by atoms with van der Waals surface area (Å²) in [4.78, 5) is 28.2. The third-order valence-electron chi connectivity index (χ3n) is 3.65. The van der Waals surface area contributed by atoms with Crippen molar-refractivity contribution in [2.75, 3.05) is 16.8 Å². The highest BCUT2D eigenvalue weighted by Crippen LogP contribution is 2.24. The molecule has 0 unspecified atom stereocenters. The molecule has 112 valence electrons. The maximum absolute atomic E-state index is 11.2. The van der Waals surface area contributed by atoms with Crippen LogP contribution in [-0.2, 0) is 22.6 Å². The number of carbonyl (C=O) groups is 2. The van der Waals surface area contributed by atoms with Crippen molar-refractivity contribution in [2.45, 2.75) is 13.0 Å². The fraction of sp³-hybridized carbons (Fsp3) is 0.188. The van der Waals surface area contributed by atoms with Gasteiger partial charge < -0.3 is 15.3 Å². The van der Waals surface area contributed by atoms with Crippen molar-refractivity contribution in [3.05, 3.63) is 53.7 Å². The highest BCUT2D eigenvalue weighted by atomic mass is 16.4. The Hall–Kier alpha value is -2.89. The number of anilines is 2. The van der Waals surface area contributed by atoms with Crippen molar-refractivity contribution in [3.63, 3.8) is 0 Å². The molecule has 1 aromatic carbocycles. The zero-order chi connectivity index (χ0) is 15.5. The largest absolute Gasteiger partial charge is 0.474 e. The van der Waals surface area contributed by atoms with Gasteiger partial charge in [0, 0.05) is 31.0 Å². The summed E-state index contributed by atoms with van der Waals surface area (Å²) < 4.78 is 0. The van der Waals surface area contributed by atoms with Crippen LogP contribution in [0.5, 0.6) is 0 Å². The molecule has 0 atom stereocenters. The van der Waals surface area contributed by atoms with Gasteiger partial charge in [0.25, 0.3) is 0 Å². The summed E-state index contributed by atoms with van der Waals surface area (Å²) in [7, 11) is 0. The van der Waals surface area contributed by atoms with Crippen LogP contribution in [0.2, 0.25) is 0 Å². The Bertz CT molecular complexity index is 730. The summed E-state index contributed by atoms with van der Waals surface area (Å²) >= 11 is 0. The predicted molar refractivity (Wildman–Crippen MR) is 81.7 cm³/mol. The topological polar surface area (TPSA) is 82.5 Å². The van der Waals surface area contributed by atoms with Gasteiger partial charge in [-0.05, 0) is 23.6 Å². The van der Waals surface area contributed by atoms with Crippen LogP contribution in [-0.4, -0.2) is 28.5 Å². The molecule has 0 saturated heterocycles. The molecule has 2 heterocycles. The molecule has 0 radical (unpaired) electrons. The number of nitrogens with one attached hydrogen (secondary N) is 1. The molecular weight excluding hydrogens is 282 g/mol. The molecule has 1 aliphatic rings. The molecule has 22 heavy (non-hydrogen) atoms. The molecule has 3 rings (SSSR count). The average Bonchev–Trinajstić information content (AvgIpc) is 2.54. The number of carboxylic acid groups (broad SMARTS) is 1. The van der Waals surface area contributed by atoms with Crippen LogP contribution in [0.3, 0.4) is 0 Å². The third-order valence-corrected chi connectivity index (χ3v) is 3.65. The summed E-state index contributed by atoms with van der Waals surface area (Å²) in [5, 5.41) is 11.0. The van der Waals surface area contributed by atoms with Crippen molar-refractivity contribution in [3.8, 4) is 0 Å². The van der Waals surface area contributed by atoms with E-state index < -0.39 is 11.9 Å². The van der Waals surface area contributed by atoms with Gasteiger partial charge in [-0.3, -0.25) is 4.79 Å². The molecule has 1 amide bonds. The van der Waals surface area contributed by atoms with E-state index in [0.717, 1.165) is 25.3 Å². The van der Waals surface area contributed by atoms with Crippen molar-refractivity contribution < 1.29 is 14.7 Å². The van der Waals surface area contributed by atoms with Crippen LogP contribution in [0.4, 0.5) is 11.5 Å². The molecule has 6 heteroatoms. The lowest BCUT2D eigenvalue weighted by atomic mass is 10.00. The van der Waals surface area contributed by atoms with Crippen LogP contribution < -0.4 is 10.2 Å². The Morgan fingerprint density at radius 3 is 2.73 bits per heavy atom. The number of aromatic nitrogens is 1. The van der Waals surface area contributed by atoms with Gasteiger partial charge in [-0.1, -0.05) is 24.3 Å². The summed E-state index contributed by atoms with van der Waals surface area (Å²) in [5.74, 6) is -1.84. The van der Waals surface area contributed by atoms with Gasteiger partial charge >= 0.3 is 11.9 Å². The van der Waals surface area contributed by atoms with Gasteiger partial charge in [0.1, 0.15) is 5.82 Å². The Kier molecular flexibility index (Phi) is 3.74. The quantitative estimate of drug-likeness (QED) is 0.824. The zero-order valence-corrected chi connectivity index (χ0v) is 11.8. The monoisotopic (exact) mass is 297 g/mol. The van der Waals surface area contributed by atoms with Crippen LogP contribution >= 0.6 is 0 Å². The molecule has 0 saturated carbocycles. The summed E-state index contributed by atoms with van der Waals surface area (Å²) in [6.45, 7) is 1.58. The fourth-order valence-electron chi connectivity index (χ4n) is 2.54. The van der Waals surface area contributed by atoms with E-state index in [2.05, 4.69) is 27.3 Å². The number of carbonyl (C=O) groups excluding carboxylic acids is 1. The molecule has 0 aliphatic carbocycles. The SMILES string of the molecule is O=C(O)C(=O)Nc1ccnc(N2CCc3ccccc3C2)c1. The Morgan fingerprint density at radius 2 is 1.95 bits per heavy atom. The maximum atomic E-state index is 11.2. The zero-order valence-electron chi connectivity index (χ0n) is 11.8. The first kappa shape index (κ1) is 14.1. The van der Waals surface area contributed by atoms with Crippen molar-refractivity contribution in [2.24, 2.45) is 0 Å².